The van der Waals surface area contributed by atoms with Crippen molar-refractivity contribution in [3.63, 3.8) is 0 Å². The molecule has 0 unspecified atom stereocenters. The molecular weight excluding hydrogens is 390 g/mol. The normalized spacial score (nSPS) is 13.6. The standard InChI is InChI=1S/C21H23N3O2S2/c1-14-7-9-16(10-8-14)26-12-20-22-15(13-27-20)11-19(25)24-21-23-17-5-3-2-4-6-18(17)28-21/h7-10,13H,2-6,11-12H2,1H3,(H,23,24,25). The van der Waals surface area contributed by atoms with Crippen molar-refractivity contribution < 1.29 is 9.53 Å². The summed E-state index contributed by atoms with van der Waals surface area (Å²) < 4.78 is 5.76. The number of carbonyl (C=O) groups excluding carboxylic acids is 1. The van der Waals surface area contributed by atoms with Gasteiger partial charge in [0, 0.05) is 10.3 Å². The molecule has 28 heavy (non-hydrogen) atoms. The van der Waals surface area contributed by atoms with Gasteiger partial charge in [0.2, 0.25) is 5.91 Å². The Morgan fingerprint density at radius 2 is 1.96 bits per heavy atom. The maximum atomic E-state index is 12.4. The van der Waals surface area contributed by atoms with E-state index in [1.807, 2.05) is 36.6 Å². The summed E-state index contributed by atoms with van der Waals surface area (Å²) >= 11 is 3.13. The monoisotopic (exact) mass is 413 g/mol. The van der Waals surface area contributed by atoms with Crippen molar-refractivity contribution in [2.45, 2.75) is 52.1 Å². The Labute approximate surface area is 172 Å². The number of fused-ring (bicyclic) bond motifs is 1. The van der Waals surface area contributed by atoms with Crippen molar-refractivity contribution in [1.82, 2.24) is 9.97 Å². The summed E-state index contributed by atoms with van der Waals surface area (Å²) in [4.78, 5) is 22.8. The molecule has 0 saturated heterocycles. The minimum Gasteiger partial charge on any atom is -0.486 e. The molecule has 4 rings (SSSR count). The number of ether oxygens (including phenoxy) is 1. The third-order valence-corrected chi connectivity index (χ3v) is 6.61. The van der Waals surface area contributed by atoms with Gasteiger partial charge in [-0.15, -0.1) is 22.7 Å². The second kappa shape index (κ2) is 8.84. The van der Waals surface area contributed by atoms with E-state index in [2.05, 4.69) is 15.3 Å². The lowest BCUT2D eigenvalue weighted by atomic mass is 10.2. The molecular formula is C21H23N3O2S2. The molecule has 1 N–H and O–H groups in total. The summed E-state index contributed by atoms with van der Waals surface area (Å²) in [6, 6.07) is 7.94. The molecule has 2 aromatic heterocycles. The van der Waals surface area contributed by atoms with Crippen LogP contribution in [-0.2, 0) is 30.7 Å². The number of hydrogen-bond donors (Lipinski definition) is 1. The first-order chi connectivity index (χ1) is 13.7. The van der Waals surface area contributed by atoms with Crippen molar-refractivity contribution in [2.24, 2.45) is 0 Å². The zero-order valence-electron chi connectivity index (χ0n) is 15.9. The van der Waals surface area contributed by atoms with Crippen LogP contribution in [0, 0.1) is 6.92 Å². The number of hydrogen-bond acceptors (Lipinski definition) is 6. The van der Waals surface area contributed by atoms with Crippen LogP contribution in [0.4, 0.5) is 5.13 Å². The summed E-state index contributed by atoms with van der Waals surface area (Å²) in [5.41, 5.74) is 3.14. The summed E-state index contributed by atoms with van der Waals surface area (Å²) in [5, 5.41) is 6.45. The Hall–Kier alpha value is -2.25. The van der Waals surface area contributed by atoms with Crippen molar-refractivity contribution >= 4 is 33.7 Å². The van der Waals surface area contributed by atoms with Crippen LogP contribution in [-0.4, -0.2) is 15.9 Å². The first kappa shape index (κ1) is 19.1. The fourth-order valence-corrected chi connectivity index (χ4v) is 4.96. The van der Waals surface area contributed by atoms with E-state index in [4.69, 9.17) is 4.74 Å². The fourth-order valence-electron chi connectivity index (χ4n) is 3.19. The van der Waals surface area contributed by atoms with Crippen molar-refractivity contribution in [1.29, 1.82) is 0 Å². The van der Waals surface area contributed by atoms with Gasteiger partial charge in [0.05, 0.1) is 17.8 Å². The van der Waals surface area contributed by atoms with Gasteiger partial charge in [-0.25, -0.2) is 9.97 Å². The van der Waals surface area contributed by atoms with E-state index in [1.165, 1.54) is 46.7 Å². The first-order valence-electron chi connectivity index (χ1n) is 9.57. The zero-order chi connectivity index (χ0) is 19.3. The first-order valence-corrected chi connectivity index (χ1v) is 11.3. The molecule has 0 spiro atoms. The smallest absolute Gasteiger partial charge is 0.232 e. The Balaban J connectivity index is 1.29. The van der Waals surface area contributed by atoms with Crippen LogP contribution >= 0.6 is 22.7 Å². The lowest BCUT2D eigenvalue weighted by Gasteiger charge is -2.04. The molecule has 1 aromatic carbocycles. The van der Waals surface area contributed by atoms with E-state index in [0.717, 1.165) is 34.4 Å². The summed E-state index contributed by atoms with van der Waals surface area (Å²) in [5.74, 6) is 0.754. The van der Waals surface area contributed by atoms with Gasteiger partial charge in [0.15, 0.2) is 5.13 Å². The maximum absolute atomic E-state index is 12.4. The molecule has 1 amide bonds. The van der Waals surface area contributed by atoms with Gasteiger partial charge in [-0.3, -0.25) is 4.79 Å². The summed E-state index contributed by atoms with van der Waals surface area (Å²) in [7, 11) is 0. The van der Waals surface area contributed by atoms with Crippen molar-refractivity contribution in [3.8, 4) is 5.75 Å². The number of aryl methyl sites for hydroxylation is 3. The Morgan fingerprint density at radius 3 is 2.82 bits per heavy atom. The number of thiazole rings is 2. The largest absolute Gasteiger partial charge is 0.486 e. The molecule has 2 heterocycles. The summed E-state index contributed by atoms with van der Waals surface area (Å²) in [6.07, 6.45) is 6.04. The Bertz CT molecular complexity index is 923. The highest BCUT2D eigenvalue weighted by Gasteiger charge is 2.16. The van der Waals surface area contributed by atoms with E-state index in [0.29, 0.717) is 6.61 Å². The van der Waals surface area contributed by atoms with Gasteiger partial charge < -0.3 is 10.1 Å². The second-order valence-electron chi connectivity index (χ2n) is 7.01. The minimum absolute atomic E-state index is 0.0692. The molecule has 0 aliphatic heterocycles. The topological polar surface area (TPSA) is 64.1 Å². The third-order valence-electron chi connectivity index (χ3n) is 4.67. The molecule has 0 atom stereocenters. The number of nitrogens with zero attached hydrogens (tertiary/aromatic N) is 2. The Morgan fingerprint density at radius 1 is 1.14 bits per heavy atom. The lowest BCUT2D eigenvalue weighted by Crippen LogP contribution is -2.14. The number of aromatic nitrogens is 2. The molecule has 0 saturated carbocycles. The SMILES string of the molecule is Cc1ccc(OCc2nc(CC(=O)Nc3nc4c(s3)CCCCC4)cs2)cc1. The van der Waals surface area contributed by atoms with Crippen LogP contribution in [0.15, 0.2) is 29.6 Å². The highest BCUT2D eigenvalue weighted by molar-refractivity contribution is 7.15. The van der Waals surface area contributed by atoms with Gasteiger partial charge in [0.25, 0.3) is 0 Å². The number of anilines is 1. The predicted molar refractivity (Wildman–Crippen MR) is 113 cm³/mol. The predicted octanol–water partition coefficient (Wildman–Crippen LogP) is 4.94. The van der Waals surface area contributed by atoms with Gasteiger partial charge >= 0.3 is 0 Å². The van der Waals surface area contributed by atoms with Crippen LogP contribution < -0.4 is 10.1 Å². The van der Waals surface area contributed by atoms with Gasteiger partial charge in [-0.1, -0.05) is 24.1 Å². The molecule has 146 valence electrons. The number of rotatable bonds is 6. The summed E-state index contributed by atoms with van der Waals surface area (Å²) in [6.45, 7) is 2.46. The quantitative estimate of drug-likeness (QED) is 0.582. The van der Waals surface area contributed by atoms with Crippen molar-refractivity contribution in [3.05, 3.63) is 56.5 Å². The molecule has 0 radical (unpaired) electrons. The van der Waals surface area contributed by atoms with E-state index in [1.54, 1.807) is 11.3 Å². The van der Waals surface area contributed by atoms with Gasteiger partial charge in [0.1, 0.15) is 17.4 Å². The number of nitrogens with one attached hydrogen (secondary N) is 1. The molecule has 5 nitrogen and oxygen atoms in total. The van der Waals surface area contributed by atoms with Gasteiger partial charge in [-0.05, 0) is 44.7 Å². The minimum atomic E-state index is -0.0692. The second-order valence-corrected chi connectivity index (χ2v) is 9.04. The fraction of sp³-hybridized carbons (Fsp3) is 0.381. The molecule has 7 heteroatoms. The maximum Gasteiger partial charge on any atom is 0.232 e. The number of amides is 1. The highest BCUT2D eigenvalue weighted by Crippen LogP contribution is 2.29. The van der Waals surface area contributed by atoms with Crippen LogP contribution in [0.25, 0.3) is 0 Å². The highest BCUT2D eigenvalue weighted by atomic mass is 32.1. The van der Waals surface area contributed by atoms with E-state index < -0.39 is 0 Å². The van der Waals surface area contributed by atoms with E-state index in [9.17, 15) is 4.79 Å². The number of benzene rings is 1. The number of carbonyl (C=O) groups is 1. The van der Waals surface area contributed by atoms with Gasteiger partial charge in [-0.2, -0.15) is 0 Å². The molecule has 1 aliphatic rings. The molecule has 0 bridgehead atoms. The van der Waals surface area contributed by atoms with Crippen molar-refractivity contribution in [2.75, 3.05) is 5.32 Å². The Kier molecular flexibility index (Phi) is 6.02. The zero-order valence-corrected chi connectivity index (χ0v) is 17.5. The molecule has 3 aromatic rings. The molecule has 1 aliphatic carbocycles. The molecule has 0 fully saturated rings. The lowest BCUT2D eigenvalue weighted by molar-refractivity contribution is -0.115. The average Bonchev–Trinajstić information content (AvgIpc) is 3.21. The van der Waals surface area contributed by atoms with Crippen LogP contribution in [0.5, 0.6) is 5.75 Å². The average molecular weight is 414 g/mol. The van der Waals surface area contributed by atoms with Crippen LogP contribution in [0.3, 0.4) is 0 Å². The van der Waals surface area contributed by atoms with E-state index in [-0.39, 0.29) is 12.3 Å². The van der Waals surface area contributed by atoms with E-state index >= 15 is 0 Å². The van der Waals surface area contributed by atoms with Crippen LogP contribution in [0.1, 0.15) is 46.1 Å². The van der Waals surface area contributed by atoms with Crippen LogP contribution in [0.2, 0.25) is 0 Å². The third kappa shape index (κ3) is 4.97.